The van der Waals surface area contributed by atoms with Gasteiger partial charge in [-0.2, -0.15) is 4.39 Å². The van der Waals surface area contributed by atoms with Crippen molar-refractivity contribution < 1.29 is 17.6 Å². The topological polar surface area (TPSA) is 13.1 Å². The van der Waals surface area contributed by atoms with Crippen molar-refractivity contribution in [1.29, 1.82) is 0 Å². The maximum atomic E-state index is 14.0. The lowest BCUT2D eigenvalue weighted by molar-refractivity contribution is 0.494. The molecule has 0 unspecified atom stereocenters. The number of furan rings is 1. The quantitative estimate of drug-likeness (QED) is 0.616. The van der Waals surface area contributed by atoms with Crippen molar-refractivity contribution in [1.82, 2.24) is 0 Å². The van der Waals surface area contributed by atoms with Gasteiger partial charge >= 0.3 is 0 Å². The highest BCUT2D eigenvalue weighted by Crippen LogP contribution is 2.33. The summed E-state index contributed by atoms with van der Waals surface area (Å²) in [5.41, 5.74) is 0.230. The predicted molar refractivity (Wildman–Crippen MR) is 63.0 cm³/mol. The number of rotatable bonds is 1. The number of hydrogen-bond acceptors (Lipinski definition) is 1. The van der Waals surface area contributed by atoms with E-state index in [1.807, 2.05) is 6.92 Å². The van der Waals surface area contributed by atoms with Crippen LogP contribution in [0.4, 0.5) is 13.2 Å². The molecule has 0 saturated carbocycles. The molecule has 0 aliphatic rings. The molecule has 1 heterocycles. The van der Waals surface area contributed by atoms with Crippen LogP contribution in [0.2, 0.25) is 0 Å². The number of benzene rings is 2. The maximum absolute atomic E-state index is 14.0. The molecule has 1 aromatic heterocycles. The molecule has 92 valence electrons. The van der Waals surface area contributed by atoms with Gasteiger partial charge in [0.15, 0.2) is 22.8 Å². The van der Waals surface area contributed by atoms with Crippen LogP contribution in [0.15, 0.2) is 28.7 Å². The van der Waals surface area contributed by atoms with Crippen molar-refractivity contribution in [3.05, 3.63) is 47.3 Å². The highest BCUT2D eigenvalue weighted by molar-refractivity contribution is 6.05. The summed E-state index contributed by atoms with van der Waals surface area (Å²) in [5.74, 6) is -2.59. The highest BCUT2D eigenvalue weighted by atomic mass is 19.2. The Hall–Kier alpha value is -1.97. The Kier molecular flexibility index (Phi) is 2.33. The molecule has 0 spiro atoms. The monoisotopic (exact) mass is 250 g/mol. The fourth-order valence-corrected chi connectivity index (χ4v) is 2.13. The van der Waals surface area contributed by atoms with Crippen LogP contribution in [-0.2, 0) is 6.42 Å². The number of hydrogen-bond donors (Lipinski definition) is 0. The van der Waals surface area contributed by atoms with Crippen LogP contribution in [0, 0.1) is 17.5 Å². The van der Waals surface area contributed by atoms with Crippen LogP contribution < -0.4 is 0 Å². The van der Waals surface area contributed by atoms with Crippen molar-refractivity contribution >= 4 is 21.9 Å². The summed E-state index contributed by atoms with van der Waals surface area (Å²) in [6.45, 7) is 1.81. The van der Waals surface area contributed by atoms with E-state index in [0.717, 1.165) is 6.07 Å². The van der Waals surface area contributed by atoms with Gasteiger partial charge in [-0.3, -0.25) is 0 Å². The first-order valence-electron chi connectivity index (χ1n) is 5.61. The summed E-state index contributed by atoms with van der Waals surface area (Å²) in [7, 11) is 0. The van der Waals surface area contributed by atoms with Gasteiger partial charge in [-0.15, -0.1) is 0 Å². The Labute approximate surface area is 101 Å². The van der Waals surface area contributed by atoms with Gasteiger partial charge in [-0.1, -0.05) is 13.0 Å². The summed E-state index contributed by atoms with van der Waals surface area (Å²) < 4.78 is 45.8. The molecule has 1 nitrogen and oxygen atoms in total. The molecule has 0 atom stereocenters. The lowest BCUT2D eigenvalue weighted by Crippen LogP contribution is -1.86. The average molecular weight is 250 g/mol. The first kappa shape index (κ1) is 11.1. The lowest BCUT2D eigenvalue weighted by Gasteiger charge is -1.98. The van der Waals surface area contributed by atoms with Gasteiger partial charge in [0.05, 0.1) is 0 Å². The van der Waals surface area contributed by atoms with Crippen molar-refractivity contribution in [2.75, 3.05) is 0 Å². The minimum Gasteiger partial charge on any atom is -0.450 e. The maximum Gasteiger partial charge on any atom is 0.201 e. The standard InChI is InChI=1S/C14H9F3O/c1-2-7-3-4-8-9-5-6-10(15)12(17)14(9)18-13(8)11(7)16/h3-6H,2H2,1H3. The van der Waals surface area contributed by atoms with E-state index in [4.69, 9.17) is 4.42 Å². The molecule has 0 amide bonds. The molecule has 0 aliphatic heterocycles. The van der Waals surface area contributed by atoms with E-state index in [9.17, 15) is 13.2 Å². The zero-order valence-electron chi connectivity index (χ0n) is 9.56. The Morgan fingerprint density at radius 2 is 1.50 bits per heavy atom. The van der Waals surface area contributed by atoms with Crippen molar-refractivity contribution in [2.24, 2.45) is 0 Å². The summed E-state index contributed by atoms with van der Waals surface area (Å²) in [6, 6.07) is 5.71. The second-order valence-corrected chi connectivity index (χ2v) is 4.11. The largest absolute Gasteiger partial charge is 0.450 e. The van der Waals surface area contributed by atoms with E-state index in [-0.39, 0.29) is 11.2 Å². The zero-order valence-corrected chi connectivity index (χ0v) is 9.56. The molecule has 0 fully saturated rings. The smallest absolute Gasteiger partial charge is 0.201 e. The predicted octanol–water partition coefficient (Wildman–Crippen LogP) is 4.57. The molecule has 0 bridgehead atoms. The molecule has 18 heavy (non-hydrogen) atoms. The van der Waals surface area contributed by atoms with E-state index >= 15 is 0 Å². The van der Waals surface area contributed by atoms with Gasteiger partial charge < -0.3 is 4.42 Å². The fraction of sp³-hybridized carbons (Fsp3) is 0.143. The molecule has 0 saturated heterocycles. The first-order valence-corrected chi connectivity index (χ1v) is 5.61. The van der Waals surface area contributed by atoms with Gasteiger partial charge in [0, 0.05) is 10.8 Å². The van der Waals surface area contributed by atoms with E-state index in [1.165, 1.54) is 6.07 Å². The van der Waals surface area contributed by atoms with Crippen LogP contribution in [-0.4, -0.2) is 0 Å². The molecule has 3 aromatic rings. The van der Waals surface area contributed by atoms with Crippen LogP contribution in [0.1, 0.15) is 12.5 Å². The second-order valence-electron chi connectivity index (χ2n) is 4.11. The molecule has 3 rings (SSSR count). The van der Waals surface area contributed by atoms with Crippen LogP contribution in [0.3, 0.4) is 0 Å². The van der Waals surface area contributed by atoms with Crippen LogP contribution >= 0.6 is 0 Å². The second kappa shape index (κ2) is 3.77. The zero-order chi connectivity index (χ0) is 12.9. The van der Waals surface area contributed by atoms with Gasteiger partial charge in [0.25, 0.3) is 0 Å². The van der Waals surface area contributed by atoms with Gasteiger partial charge in [0.1, 0.15) is 0 Å². The Morgan fingerprint density at radius 3 is 2.17 bits per heavy atom. The first-order chi connectivity index (χ1) is 8.63. The number of aryl methyl sites for hydroxylation is 1. The summed E-state index contributed by atoms with van der Waals surface area (Å²) >= 11 is 0. The summed E-state index contributed by atoms with van der Waals surface area (Å²) in [6.07, 6.45) is 0.510. The average Bonchev–Trinajstić information content (AvgIpc) is 2.75. The van der Waals surface area contributed by atoms with Gasteiger partial charge in [-0.25, -0.2) is 8.78 Å². The lowest BCUT2D eigenvalue weighted by atomic mass is 10.1. The molecule has 0 radical (unpaired) electrons. The van der Waals surface area contributed by atoms with Crippen molar-refractivity contribution in [3.8, 4) is 0 Å². The van der Waals surface area contributed by atoms with E-state index < -0.39 is 17.5 Å². The van der Waals surface area contributed by atoms with Crippen LogP contribution in [0.25, 0.3) is 21.9 Å². The minimum atomic E-state index is -1.08. The normalized spacial score (nSPS) is 11.6. The molecule has 0 aliphatic carbocycles. The molecule has 4 heteroatoms. The molecular formula is C14H9F3O. The molecular weight excluding hydrogens is 241 g/mol. The fourth-order valence-electron chi connectivity index (χ4n) is 2.13. The van der Waals surface area contributed by atoms with Gasteiger partial charge in [0.2, 0.25) is 5.82 Å². The number of halogens is 3. The third-order valence-corrected chi connectivity index (χ3v) is 3.10. The molecule has 0 N–H and O–H groups in total. The third-order valence-electron chi connectivity index (χ3n) is 3.10. The summed E-state index contributed by atoms with van der Waals surface area (Å²) in [4.78, 5) is 0. The number of fused-ring (bicyclic) bond motifs is 3. The van der Waals surface area contributed by atoms with Crippen LogP contribution in [0.5, 0.6) is 0 Å². The SMILES string of the molecule is CCc1ccc2c(oc3c(F)c(F)ccc32)c1F. The van der Waals surface area contributed by atoms with E-state index in [2.05, 4.69) is 0 Å². The Balaban J connectivity index is 2.50. The minimum absolute atomic E-state index is 0.0196. The van der Waals surface area contributed by atoms with Crippen molar-refractivity contribution in [2.45, 2.75) is 13.3 Å². The highest BCUT2D eigenvalue weighted by Gasteiger charge is 2.18. The Morgan fingerprint density at radius 1 is 0.889 bits per heavy atom. The van der Waals surface area contributed by atoms with E-state index in [0.29, 0.717) is 22.8 Å². The Bertz CT molecular complexity index is 759. The molecule has 2 aromatic carbocycles. The third kappa shape index (κ3) is 1.35. The van der Waals surface area contributed by atoms with Crippen molar-refractivity contribution in [3.63, 3.8) is 0 Å². The van der Waals surface area contributed by atoms with E-state index in [1.54, 1.807) is 12.1 Å². The summed E-state index contributed by atoms with van der Waals surface area (Å²) in [5, 5.41) is 0.837. The van der Waals surface area contributed by atoms with Gasteiger partial charge in [-0.05, 0) is 30.2 Å².